The smallest absolute Gasteiger partial charge is 0.306 e. The van der Waals surface area contributed by atoms with Gasteiger partial charge >= 0.3 is 11.9 Å². The molecule has 8 heteroatoms. The molecule has 2 atom stereocenters. The lowest BCUT2D eigenvalue weighted by atomic mass is 9.93. The summed E-state index contributed by atoms with van der Waals surface area (Å²) in [6.07, 6.45) is 14.6. The van der Waals surface area contributed by atoms with Crippen molar-refractivity contribution in [1.29, 1.82) is 0 Å². The SMILES string of the molecule is CCCCCCCCCCCCCC(=O)OC(CC(OC(C)=O)C(C)(C)O)/C(C)=C/COc1ccc(CCNC(=O)c2ccccc2)cc1. The number of hydrogen-bond acceptors (Lipinski definition) is 7. The fourth-order valence-corrected chi connectivity index (χ4v) is 5.52. The van der Waals surface area contributed by atoms with Gasteiger partial charge in [-0.2, -0.15) is 0 Å². The third kappa shape index (κ3) is 18.6. The number of carbonyl (C=O) groups excluding carboxylic acids is 3. The van der Waals surface area contributed by atoms with Crippen LogP contribution in [0.4, 0.5) is 0 Å². The van der Waals surface area contributed by atoms with Gasteiger partial charge in [0, 0.05) is 31.9 Å². The lowest BCUT2D eigenvalue weighted by molar-refractivity contribution is -0.165. The van der Waals surface area contributed by atoms with Crippen molar-refractivity contribution in [1.82, 2.24) is 5.32 Å². The minimum atomic E-state index is -1.32. The van der Waals surface area contributed by atoms with Crippen LogP contribution in [0.1, 0.15) is 134 Å². The number of unbranched alkanes of at least 4 members (excludes halogenated alkanes) is 10. The molecule has 0 bridgehead atoms. The van der Waals surface area contributed by atoms with Gasteiger partial charge in [0.1, 0.15) is 24.6 Å². The van der Waals surface area contributed by atoms with E-state index in [1.54, 1.807) is 26.0 Å². The summed E-state index contributed by atoms with van der Waals surface area (Å²) in [6, 6.07) is 16.8. The minimum absolute atomic E-state index is 0.0949. The summed E-state index contributed by atoms with van der Waals surface area (Å²) in [5.41, 5.74) is 1.13. The number of esters is 2. The van der Waals surface area contributed by atoms with E-state index in [1.165, 1.54) is 58.3 Å². The molecule has 0 aliphatic heterocycles. The van der Waals surface area contributed by atoms with Crippen molar-refractivity contribution in [3.05, 3.63) is 77.4 Å². The fourth-order valence-electron chi connectivity index (χ4n) is 5.52. The van der Waals surface area contributed by atoms with E-state index in [0.29, 0.717) is 30.7 Å². The summed E-state index contributed by atoms with van der Waals surface area (Å²) in [7, 11) is 0. The molecular formula is C41H61NO7. The second-order valence-corrected chi connectivity index (χ2v) is 13.5. The minimum Gasteiger partial charge on any atom is -0.490 e. The Morgan fingerprint density at radius 1 is 0.816 bits per heavy atom. The highest BCUT2D eigenvalue weighted by Gasteiger charge is 2.34. The van der Waals surface area contributed by atoms with Crippen LogP contribution in [-0.4, -0.2) is 53.9 Å². The maximum absolute atomic E-state index is 12.9. The van der Waals surface area contributed by atoms with E-state index in [-0.39, 0.29) is 24.9 Å². The molecule has 8 nitrogen and oxygen atoms in total. The first kappa shape index (κ1) is 41.5. The average molecular weight is 680 g/mol. The number of amides is 1. The summed E-state index contributed by atoms with van der Waals surface area (Å²) >= 11 is 0. The van der Waals surface area contributed by atoms with E-state index in [9.17, 15) is 19.5 Å². The Balaban J connectivity index is 1.86. The van der Waals surface area contributed by atoms with Crippen LogP contribution in [0.5, 0.6) is 5.75 Å². The van der Waals surface area contributed by atoms with Crippen molar-refractivity contribution >= 4 is 17.8 Å². The van der Waals surface area contributed by atoms with Crippen LogP contribution in [0.15, 0.2) is 66.2 Å². The Bertz CT molecular complexity index is 1250. The molecule has 2 aromatic rings. The number of carbonyl (C=O) groups is 3. The van der Waals surface area contributed by atoms with E-state index in [0.717, 1.165) is 30.4 Å². The lowest BCUT2D eigenvalue weighted by Crippen LogP contribution is -2.42. The van der Waals surface area contributed by atoms with Gasteiger partial charge in [-0.15, -0.1) is 0 Å². The van der Waals surface area contributed by atoms with E-state index in [2.05, 4.69) is 12.2 Å². The van der Waals surface area contributed by atoms with Gasteiger partial charge in [-0.1, -0.05) is 101 Å². The summed E-state index contributed by atoms with van der Waals surface area (Å²) in [5.74, 6) is -0.226. The van der Waals surface area contributed by atoms with Gasteiger partial charge in [-0.05, 0) is 75.1 Å². The summed E-state index contributed by atoms with van der Waals surface area (Å²) in [5, 5.41) is 13.6. The maximum Gasteiger partial charge on any atom is 0.306 e. The molecule has 0 fully saturated rings. The quantitative estimate of drug-likeness (QED) is 0.0614. The van der Waals surface area contributed by atoms with Crippen molar-refractivity contribution in [2.75, 3.05) is 13.2 Å². The highest BCUT2D eigenvalue weighted by atomic mass is 16.6. The van der Waals surface area contributed by atoms with Crippen LogP contribution in [0.3, 0.4) is 0 Å². The Hall–Kier alpha value is -3.65. The second kappa shape index (κ2) is 23.7. The lowest BCUT2D eigenvalue weighted by Gasteiger charge is -2.32. The van der Waals surface area contributed by atoms with E-state index < -0.39 is 23.8 Å². The molecule has 2 aromatic carbocycles. The molecule has 0 aliphatic carbocycles. The first-order valence-electron chi connectivity index (χ1n) is 18.3. The highest BCUT2D eigenvalue weighted by molar-refractivity contribution is 5.94. The standard InChI is InChI=1S/C41H61NO7/c1-6-7-8-9-10-11-12-13-14-15-19-22-39(44)49-37(31-38(41(4,5)46)48-33(3)43)32(2)28-30-47-36-25-23-34(24-26-36)27-29-42-40(45)35-20-17-16-18-21-35/h16-18,20-21,23-26,28,37-38,46H,6-15,19,22,27,29-31H2,1-5H3,(H,42,45)/b32-28+. The van der Waals surface area contributed by atoms with Gasteiger partial charge in [-0.3, -0.25) is 14.4 Å². The second-order valence-electron chi connectivity index (χ2n) is 13.5. The molecule has 2 N–H and O–H groups in total. The van der Waals surface area contributed by atoms with E-state index >= 15 is 0 Å². The van der Waals surface area contributed by atoms with E-state index in [1.807, 2.05) is 55.5 Å². The van der Waals surface area contributed by atoms with Gasteiger partial charge < -0.3 is 24.6 Å². The third-order valence-electron chi connectivity index (χ3n) is 8.60. The van der Waals surface area contributed by atoms with Crippen LogP contribution in [0.25, 0.3) is 0 Å². The van der Waals surface area contributed by atoms with Crippen LogP contribution in [0, 0.1) is 0 Å². The molecule has 0 heterocycles. The predicted molar refractivity (Wildman–Crippen MR) is 196 cm³/mol. The van der Waals surface area contributed by atoms with Crippen molar-refractivity contribution in [3.63, 3.8) is 0 Å². The molecule has 0 aliphatic rings. The third-order valence-corrected chi connectivity index (χ3v) is 8.60. The number of benzene rings is 2. The highest BCUT2D eigenvalue weighted by Crippen LogP contribution is 2.24. The predicted octanol–water partition coefficient (Wildman–Crippen LogP) is 8.69. The zero-order chi connectivity index (χ0) is 35.9. The van der Waals surface area contributed by atoms with E-state index in [4.69, 9.17) is 14.2 Å². The largest absolute Gasteiger partial charge is 0.490 e. The molecular weight excluding hydrogens is 618 g/mol. The molecule has 0 saturated heterocycles. The van der Waals surface area contributed by atoms with Gasteiger partial charge in [0.25, 0.3) is 5.91 Å². The molecule has 272 valence electrons. The van der Waals surface area contributed by atoms with Crippen molar-refractivity contribution in [3.8, 4) is 5.75 Å². The molecule has 0 saturated carbocycles. The maximum atomic E-state index is 12.9. The van der Waals surface area contributed by atoms with Gasteiger partial charge in [0.15, 0.2) is 0 Å². The summed E-state index contributed by atoms with van der Waals surface area (Å²) < 4.78 is 17.3. The molecule has 49 heavy (non-hydrogen) atoms. The first-order valence-corrected chi connectivity index (χ1v) is 18.3. The first-order chi connectivity index (χ1) is 23.5. The molecule has 0 aromatic heterocycles. The molecule has 2 rings (SSSR count). The van der Waals surface area contributed by atoms with Gasteiger partial charge in [-0.25, -0.2) is 0 Å². The Kier molecular flexibility index (Phi) is 20.0. The Morgan fingerprint density at radius 3 is 1.98 bits per heavy atom. The molecule has 0 spiro atoms. The molecule has 0 radical (unpaired) electrons. The normalized spacial score (nSPS) is 13.0. The van der Waals surface area contributed by atoms with Crippen molar-refractivity contribution < 1.29 is 33.7 Å². The summed E-state index contributed by atoms with van der Waals surface area (Å²) in [6.45, 7) is 9.31. The number of hydrogen-bond donors (Lipinski definition) is 2. The van der Waals surface area contributed by atoms with Crippen molar-refractivity contribution in [2.24, 2.45) is 0 Å². The number of nitrogens with one attached hydrogen (secondary N) is 1. The zero-order valence-electron chi connectivity index (χ0n) is 30.6. The van der Waals surface area contributed by atoms with Crippen LogP contribution in [0.2, 0.25) is 0 Å². The molecule has 1 amide bonds. The topological polar surface area (TPSA) is 111 Å². The Labute approximate surface area is 295 Å². The molecule has 2 unspecified atom stereocenters. The number of aliphatic hydroxyl groups is 1. The summed E-state index contributed by atoms with van der Waals surface area (Å²) in [4.78, 5) is 37.0. The van der Waals surface area contributed by atoms with Crippen LogP contribution in [-0.2, 0) is 25.5 Å². The average Bonchev–Trinajstić information content (AvgIpc) is 3.07. The van der Waals surface area contributed by atoms with Crippen LogP contribution < -0.4 is 10.1 Å². The van der Waals surface area contributed by atoms with Crippen LogP contribution >= 0.6 is 0 Å². The zero-order valence-corrected chi connectivity index (χ0v) is 30.6. The Morgan fingerprint density at radius 2 is 1.41 bits per heavy atom. The van der Waals surface area contributed by atoms with Gasteiger partial charge in [0.05, 0.1) is 5.60 Å². The van der Waals surface area contributed by atoms with Crippen molar-refractivity contribution in [2.45, 2.75) is 142 Å². The monoisotopic (exact) mass is 679 g/mol. The number of ether oxygens (including phenoxy) is 3. The van der Waals surface area contributed by atoms with Gasteiger partial charge in [0.2, 0.25) is 0 Å². The number of rotatable bonds is 25. The fraction of sp³-hybridized carbons (Fsp3) is 0.585.